The highest BCUT2D eigenvalue weighted by molar-refractivity contribution is 5.74. The molecule has 2 heteroatoms. The van der Waals surface area contributed by atoms with Gasteiger partial charge in [-0.25, -0.2) is 0 Å². The molecular formula is C10H8O2. The van der Waals surface area contributed by atoms with E-state index in [0.29, 0.717) is 11.8 Å². The van der Waals surface area contributed by atoms with Crippen molar-refractivity contribution in [2.75, 3.05) is 0 Å². The number of rotatable bonds is 0. The lowest BCUT2D eigenvalue weighted by molar-refractivity contribution is -0.103. The number of phenols is 1. The molecule has 0 atom stereocenters. The van der Waals surface area contributed by atoms with Crippen molar-refractivity contribution in [3.63, 3.8) is 0 Å². The van der Waals surface area contributed by atoms with Crippen molar-refractivity contribution < 1.29 is 9.90 Å². The van der Waals surface area contributed by atoms with E-state index in [1.165, 1.54) is 6.07 Å². The SMILES string of the molecule is Cc1ccc(O)cc1C#CC=O. The number of aromatic hydroxyl groups is 1. The van der Waals surface area contributed by atoms with Crippen molar-refractivity contribution in [3.8, 4) is 17.6 Å². The number of hydrogen-bond donors (Lipinski definition) is 1. The van der Waals surface area contributed by atoms with Crippen molar-refractivity contribution in [1.29, 1.82) is 0 Å². The molecule has 1 aromatic rings. The van der Waals surface area contributed by atoms with Crippen LogP contribution in [0.5, 0.6) is 5.75 Å². The number of benzene rings is 1. The van der Waals surface area contributed by atoms with Gasteiger partial charge in [-0.3, -0.25) is 4.79 Å². The fourth-order valence-electron chi connectivity index (χ4n) is 0.852. The van der Waals surface area contributed by atoms with Crippen LogP contribution in [0.4, 0.5) is 0 Å². The topological polar surface area (TPSA) is 37.3 Å². The number of phenolic OH excluding ortho intramolecular Hbond substituents is 1. The predicted molar refractivity (Wildman–Crippen MR) is 45.8 cm³/mol. The van der Waals surface area contributed by atoms with Gasteiger partial charge in [0.2, 0.25) is 0 Å². The second kappa shape index (κ2) is 3.59. The standard InChI is InChI=1S/C10H8O2/c1-8-4-5-10(12)7-9(8)3-2-6-11/h4-7,12H,1H3. The molecule has 0 bridgehead atoms. The Labute approximate surface area is 70.8 Å². The number of carbonyl (C=O) groups excluding carboxylic acids is 1. The largest absolute Gasteiger partial charge is 0.508 e. The molecule has 60 valence electrons. The summed E-state index contributed by atoms with van der Waals surface area (Å²) < 4.78 is 0. The Morgan fingerprint density at radius 1 is 1.50 bits per heavy atom. The van der Waals surface area contributed by atoms with E-state index in [9.17, 15) is 4.79 Å². The summed E-state index contributed by atoms with van der Waals surface area (Å²) >= 11 is 0. The van der Waals surface area contributed by atoms with Gasteiger partial charge in [-0.2, -0.15) is 0 Å². The lowest BCUT2D eigenvalue weighted by atomic mass is 10.1. The first-order chi connectivity index (χ1) is 5.74. The first-order valence-electron chi connectivity index (χ1n) is 3.49. The second-order valence-electron chi connectivity index (χ2n) is 2.39. The van der Waals surface area contributed by atoms with Gasteiger partial charge in [0, 0.05) is 5.56 Å². The summed E-state index contributed by atoms with van der Waals surface area (Å²) in [6, 6.07) is 4.87. The molecule has 0 aliphatic rings. The summed E-state index contributed by atoms with van der Waals surface area (Å²) in [4.78, 5) is 9.94. The van der Waals surface area contributed by atoms with Crippen LogP contribution in [0.1, 0.15) is 11.1 Å². The predicted octanol–water partition coefficient (Wildman–Crippen LogP) is 1.25. The summed E-state index contributed by atoms with van der Waals surface area (Å²) in [5, 5.41) is 9.08. The number of aryl methyl sites for hydroxylation is 1. The Balaban J connectivity index is 3.13. The van der Waals surface area contributed by atoms with Crippen LogP contribution in [0.15, 0.2) is 18.2 Å². The van der Waals surface area contributed by atoms with Gasteiger partial charge in [0.05, 0.1) is 0 Å². The highest BCUT2D eigenvalue weighted by Crippen LogP contribution is 2.14. The zero-order valence-corrected chi connectivity index (χ0v) is 6.66. The maximum Gasteiger partial charge on any atom is 0.193 e. The first-order valence-corrected chi connectivity index (χ1v) is 3.49. The van der Waals surface area contributed by atoms with E-state index >= 15 is 0 Å². The third-order valence-electron chi connectivity index (χ3n) is 1.49. The Bertz CT molecular complexity index is 356. The van der Waals surface area contributed by atoms with Gasteiger partial charge >= 0.3 is 0 Å². The minimum absolute atomic E-state index is 0.163. The Hall–Kier alpha value is -1.75. The highest BCUT2D eigenvalue weighted by Gasteiger charge is 1.94. The normalized spacial score (nSPS) is 8.42. The van der Waals surface area contributed by atoms with E-state index in [4.69, 9.17) is 5.11 Å². The number of hydrogen-bond acceptors (Lipinski definition) is 2. The van der Waals surface area contributed by atoms with Crippen LogP contribution in [-0.2, 0) is 4.79 Å². The summed E-state index contributed by atoms with van der Waals surface area (Å²) in [5.74, 6) is 5.08. The zero-order valence-electron chi connectivity index (χ0n) is 6.66. The van der Waals surface area contributed by atoms with Gasteiger partial charge < -0.3 is 5.11 Å². The fourth-order valence-corrected chi connectivity index (χ4v) is 0.852. The molecule has 0 spiro atoms. The van der Waals surface area contributed by atoms with Crippen LogP contribution in [-0.4, -0.2) is 11.4 Å². The Morgan fingerprint density at radius 3 is 2.92 bits per heavy atom. The molecule has 0 unspecified atom stereocenters. The van der Waals surface area contributed by atoms with Crippen molar-refractivity contribution in [3.05, 3.63) is 29.3 Å². The molecule has 0 fully saturated rings. The molecule has 0 saturated carbocycles. The minimum atomic E-state index is 0.163. The lowest BCUT2D eigenvalue weighted by Gasteiger charge is -1.97. The Kier molecular flexibility index (Phi) is 2.49. The van der Waals surface area contributed by atoms with Gasteiger partial charge in [0.15, 0.2) is 6.29 Å². The van der Waals surface area contributed by atoms with Crippen LogP contribution in [0.2, 0.25) is 0 Å². The van der Waals surface area contributed by atoms with E-state index in [1.807, 2.05) is 6.92 Å². The van der Waals surface area contributed by atoms with Crippen LogP contribution in [0.25, 0.3) is 0 Å². The molecule has 0 aliphatic heterocycles. The van der Waals surface area contributed by atoms with Crippen molar-refractivity contribution in [2.45, 2.75) is 6.92 Å². The van der Waals surface area contributed by atoms with E-state index in [-0.39, 0.29) is 5.75 Å². The van der Waals surface area contributed by atoms with E-state index < -0.39 is 0 Å². The number of aldehydes is 1. The summed E-state index contributed by atoms with van der Waals surface area (Å²) in [7, 11) is 0. The van der Waals surface area contributed by atoms with Crippen molar-refractivity contribution in [2.24, 2.45) is 0 Å². The molecule has 0 heterocycles. The number of carbonyl (C=O) groups is 1. The molecular weight excluding hydrogens is 152 g/mol. The van der Waals surface area contributed by atoms with Crippen molar-refractivity contribution in [1.82, 2.24) is 0 Å². The van der Waals surface area contributed by atoms with E-state index in [0.717, 1.165) is 5.56 Å². The molecule has 1 rings (SSSR count). The van der Waals surface area contributed by atoms with Gasteiger partial charge in [0.1, 0.15) is 5.75 Å². The van der Waals surface area contributed by atoms with Crippen LogP contribution in [0, 0.1) is 18.8 Å². The molecule has 2 nitrogen and oxygen atoms in total. The minimum Gasteiger partial charge on any atom is -0.508 e. The van der Waals surface area contributed by atoms with E-state index in [2.05, 4.69) is 11.8 Å². The molecule has 0 saturated heterocycles. The van der Waals surface area contributed by atoms with E-state index in [1.54, 1.807) is 12.1 Å². The maximum atomic E-state index is 9.94. The lowest BCUT2D eigenvalue weighted by Crippen LogP contribution is -1.80. The zero-order chi connectivity index (χ0) is 8.97. The third-order valence-corrected chi connectivity index (χ3v) is 1.49. The quantitative estimate of drug-likeness (QED) is 0.458. The molecule has 0 amide bonds. The van der Waals surface area contributed by atoms with Crippen LogP contribution >= 0.6 is 0 Å². The highest BCUT2D eigenvalue weighted by atomic mass is 16.3. The molecule has 0 aromatic heterocycles. The van der Waals surface area contributed by atoms with Gasteiger partial charge in [-0.1, -0.05) is 12.0 Å². The maximum absolute atomic E-state index is 9.94. The average Bonchev–Trinajstić information content (AvgIpc) is 2.07. The fraction of sp³-hybridized carbons (Fsp3) is 0.100. The molecule has 0 radical (unpaired) electrons. The summed E-state index contributed by atoms with van der Waals surface area (Å²) in [5.41, 5.74) is 1.63. The first kappa shape index (κ1) is 8.35. The smallest absolute Gasteiger partial charge is 0.193 e. The monoisotopic (exact) mass is 160 g/mol. The van der Waals surface area contributed by atoms with Crippen LogP contribution < -0.4 is 0 Å². The van der Waals surface area contributed by atoms with Gasteiger partial charge in [-0.15, -0.1) is 0 Å². The molecule has 0 aliphatic carbocycles. The summed E-state index contributed by atoms with van der Waals surface area (Å²) in [6.07, 6.45) is 0.531. The second-order valence-corrected chi connectivity index (χ2v) is 2.39. The van der Waals surface area contributed by atoms with Gasteiger partial charge in [-0.05, 0) is 30.5 Å². The molecule has 12 heavy (non-hydrogen) atoms. The molecule has 1 aromatic carbocycles. The molecule has 1 N–H and O–H groups in total. The average molecular weight is 160 g/mol. The third kappa shape index (κ3) is 1.86. The van der Waals surface area contributed by atoms with Crippen LogP contribution in [0.3, 0.4) is 0 Å². The van der Waals surface area contributed by atoms with Gasteiger partial charge in [0.25, 0.3) is 0 Å². The summed E-state index contributed by atoms with van der Waals surface area (Å²) in [6.45, 7) is 1.87. The van der Waals surface area contributed by atoms with Crippen molar-refractivity contribution >= 4 is 6.29 Å². The Morgan fingerprint density at radius 2 is 2.25 bits per heavy atom.